The van der Waals surface area contributed by atoms with Gasteiger partial charge in [0.05, 0.1) is 5.69 Å². The maximum absolute atomic E-state index is 4.49. The number of nitrogens with zero attached hydrogens (tertiary/aromatic N) is 2. The van der Waals surface area contributed by atoms with Crippen molar-refractivity contribution in [2.45, 2.75) is 37.8 Å². The first-order valence-electron chi connectivity index (χ1n) is 6.99. The van der Waals surface area contributed by atoms with Crippen LogP contribution in [0.25, 0.3) is 0 Å². The second-order valence-corrected chi connectivity index (χ2v) is 5.62. The minimum atomic E-state index is 0.0934. The van der Waals surface area contributed by atoms with Gasteiger partial charge in [-0.15, -0.1) is 0 Å². The van der Waals surface area contributed by atoms with Crippen molar-refractivity contribution in [1.29, 1.82) is 0 Å². The van der Waals surface area contributed by atoms with Gasteiger partial charge >= 0.3 is 0 Å². The van der Waals surface area contributed by atoms with Crippen molar-refractivity contribution in [3.8, 4) is 0 Å². The molecular weight excluding hydrogens is 234 g/mol. The highest BCUT2D eigenvalue weighted by atomic mass is 15.0. The van der Waals surface area contributed by atoms with Gasteiger partial charge in [0.1, 0.15) is 6.33 Å². The Kier molecular flexibility index (Phi) is 2.42. The van der Waals surface area contributed by atoms with Crippen LogP contribution < -0.4 is 5.32 Å². The molecule has 2 aliphatic rings. The third kappa shape index (κ3) is 1.69. The zero-order valence-electron chi connectivity index (χ0n) is 10.9. The molecule has 3 nitrogen and oxygen atoms in total. The Morgan fingerprint density at radius 2 is 2.11 bits per heavy atom. The molecule has 1 unspecified atom stereocenters. The van der Waals surface area contributed by atoms with Crippen molar-refractivity contribution in [3.05, 3.63) is 59.2 Å². The van der Waals surface area contributed by atoms with Crippen LogP contribution in [0.1, 0.15) is 35.2 Å². The zero-order chi connectivity index (χ0) is 12.7. The highest BCUT2D eigenvalue weighted by Gasteiger charge is 2.39. The first kappa shape index (κ1) is 11.1. The number of rotatable bonds is 0. The normalized spacial score (nSPS) is 24.8. The van der Waals surface area contributed by atoms with Crippen molar-refractivity contribution >= 4 is 0 Å². The standard InChI is InChI=1S/C16H17N3/c1-2-6-14-12(4-1)5-3-7-16(14)8-15-13(10-19-16)9-17-11-18-15/h1-2,4,6,9,11,19H,3,5,7-8,10H2. The van der Waals surface area contributed by atoms with Crippen molar-refractivity contribution in [1.82, 2.24) is 15.3 Å². The lowest BCUT2D eigenvalue weighted by atomic mass is 9.72. The van der Waals surface area contributed by atoms with E-state index in [-0.39, 0.29) is 5.54 Å². The van der Waals surface area contributed by atoms with Crippen LogP contribution in [0, 0.1) is 0 Å². The van der Waals surface area contributed by atoms with Crippen LogP contribution in [-0.4, -0.2) is 9.97 Å². The average molecular weight is 251 g/mol. The lowest BCUT2D eigenvalue weighted by molar-refractivity contribution is 0.260. The van der Waals surface area contributed by atoms with Crippen molar-refractivity contribution in [3.63, 3.8) is 0 Å². The molecule has 0 radical (unpaired) electrons. The molecule has 0 saturated carbocycles. The zero-order valence-corrected chi connectivity index (χ0v) is 10.9. The number of hydrogen-bond acceptors (Lipinski definition) is 3. The van der Waals surface area contributed by atoms with Crippen LogP contribution in [-0.2, 0) is 24.9 Å². The van der Waals surface area contributed by atoms with E-state index in [2.05, 4.69) is 39.6 Å². The van der Waals surface area contributed by atoms with E-state index in [4.69, 9.17) is 0 Å². The summed E-state index contributed by atoms with van der Waals surface area (Å²) in [5.74, 6) is 0. The summed E-state index contributed by atoms with van der Waals surface area (Å²) in [6, 6.07) is 8.86. The van der Waals surface area contributed by atoms with Gasteiger partial charge in [-0.2, -0.15) is 0 Å². The number of fused-ring (bicyclic) bond motifs is 3. The van der Waals surface area contributed by atoms with Crippen LogP contribution in [0.3, 0.4) is 0 Å². The predicted octanol–water partition coefficient (Wildman–Crippen LogP) is 2.35. The summed E-state index contributed by atoms with van der Waals surface area (Å²) in [4.78, 5) is 8.62. The molecule has 96 valence electrons. The molecule has 1 aliphatic heterocycles. The topological polar surface area (TPSA) is 37.8 Å². The smallest absolute Gasteiger partial charge is 0.115 e. The molecule has 1 spiro atoms. The first-order chi connectivity index (χ1) is 9.37. The third-order valence-corrected chi connectivity index (χ3v) is 4.55. The van der Waals surface area contributed by atoms with Crippen LogP contribution in [0.4, 0.5) is 0 Å². The molecule has 1 atom stereocenters. The SMILES string of the molecule is c1ccc2c(c1)CCCC21Cc2ncncc2CN1. The Balaban J connectivity index is 1.81. The summed E-state index contributed by atoms with van der Waals surface area (Å²) >= 11 is 0. The highest BCUT2D eigenvalue weighted by Crippen LogP contribution is 2.40. The fourth-order valence-electron chi connectivity index (χ4n) is 3.59. The van der Waals surface area contributed by atoms with E-state index in [0.29, 0.717) is 0 Å². The lowest BCUT2D eigenvalue weighted by Gasteiger charge is -2.43. The van der Waals surface area contributed by atoms with Crippen LogP contribution >= 0.6 is 0 Å². The van der Waals surface area contributed by atoms with E-state index in [9.17, 15) is 0 Å². The highest BCUT2D eigenvalue weighted by molar-refractivity contribution is 5.39. The summed E-state index contributed by atoms with van der Waals surface area (Å²) in [5, 5.41) is 3.77. The third-order valence-electron chi connectivity index (χ3n) is 4.55. The van der Waals surface area contributed by atoms with E-state index in [1.54, 1.807) is 6.33 Å². The Bertz CT molecular complexity index is 623. The molecule has 19 heavy (non-hydrogen) atoms. The molecular formula is C16H17N3. The van der Waals surface area contributed by atoms with Gasteiger partial charge in [-0.25, -0.2) is 9.97 Å². The minimum Gasteiger partial charge on any atom is -0.303 e. The van der Waals surface area contributed by atoms with Gasteiger partial charge in [0.15, 0.2) is 0 Å². The molecule has 4 rings (SSSR count). The predicted molar refractivity (Wildman–Crippen MR) is 73.6 cm³/mol. The van der Waals surface area contributed by atoms with Crippen molar-refractivity contribution in [2.75, 3.05) is 0 Å². The fourth-order valence-corrected chi connectivity index (χ4v) is 3.59. The van der Waals surface area contributed by atoms with Gasteiger partial charge in [-0.1, -0.05) is 24.3 Å². The summed E-state index contributed by atoms with van der Waals surface area (Å²) < 4.78 is 0. The number of aromatic nitrogens is 2. The van der Waals surface area contributed by atoms with Gasteiger partial charge in [-0.3, -0.25) is 0 Å². The fraction of sp³-hybridized carbons (Fsp3) is 0.375. The average Bonchev–Trinajstić information content (AvgIpc) is 2.48. The lowest BCUT2D eigenvalue weighted by Crippen LogP contribution is -2.49. The molecule has 0 fully saturated rings. The van der Waals surface area contributed by atoms with E-state index in [1.165, 1.54) is 41.6 Å². The van der Waals surface area contributed by atoms with Crippen LogP contribution in [0.15, 0.2) is 36.8 Å². The second kappa shape index (κ2) is 4.14. The summed E-state index contributed by atoms with van der Waals surface area (Å²) in [5.41, 5.74) is 5.53. The Morgan fingerprint density at radius 1 is 1.16 bits per heavy atom. The quantitative estimate of drug-likeness (QED) is 0.781. The second-order valence-electron chi connectivity index (χ2n) is 5.62. The van der Waals surface area contributed by atoms with Gasteiger partial charge in [0.25, 0.3) is 0 Å². The molecule has 1 aliphatic carbocycles. The number of hydrogen-bond donors (Lipinski definition) is 1. The maximum Gasteiger partial charge on any atom is 0.115 e. The Morgan fingerprint density at radius 3 is 3.11 bits per heavy atom. The monoisotopic (exact) mass is 251 g/mol. The summed E-state index contributed by atoms with van der Waals surface area (Å²) in [7, 11) is 0. The molecule has 0 saturated heterocycles. The minimum absolute atomic E-state index is 0.0934. The molecule has 1 N–H and O–H groups in total. The first-order valence-corrected chi connectivity index (χ1v) is 6.99. The van der Waals surface area contributed by atoms with Crippen LogP contribution in [0.5, 0.6) is 0 Å². The summed E-state index contributed by atoms with van der Waals surface area (Å²) in [6.45, 7) is 0.879. The van der Waals surface area contributed by atoms with Gasteiger partial charge in [0.2, 0.25) is 0 Å². The van der Waals surface area contributed by atoms with E-state index < -0.39 is 0 Å². The molecule has 2 aromatic rings. The molecule has 1 aromatic heterocycles. The maximum atomic E-state index is 4.49. The molecule has 3 heteroatoms. The Hall–Kier alpha value is -1.74. The van der Waals surface area contributed by atoms with E-state index >= 15 is 0 Å². The van der Waals surface area contributed by atoms with Gasteiger partial charge in [0, 0.05) is 30.3 Å². The van der Waals surface area contributed by atoms with Gasteiger partial charge in [-0.05, 0) is 30.4 Å². The largest absolute Gasteiger partial charge is 0.303 e. The van der Waals surface area contributed by atoms with Gasteiger partial charge < -0.3 is 5.32 Å². The van der Waals surface area contributed by atoms with E-state index in [0.717, 1.165) is 13.0 Å². The number of nitrogens with one attached hydrogen (secondary N) is 1. The molecule has 2 heterocycles. The number of benzene rings is 1. The van der Waals surface area contributed by atoms with Crippen molar-refractivity contribution < 1.29 is 0 Å². The van der Waals surface area contributed by atoms with E-state index in [1.807, 2.05) is 6.20 Å². The molecule has 0 bridgehead atoms. The Labute approximate surface area is 113 Å². The summed E-state index contributed by atoms with van der Waals surface area (Å²) in [6.07, 6.45) is 8.26. The van der Waals surface area contributed by atoms with Crippen molar-refractivity contribution in [2.24, 2.45) is 0 Å². The number of aryl methyl sites for hydroxylation is 1. The molecule has 0 amide bonds. The molecule has 1 aromatic carbocycles. The van der Waals surface area contributed by atoms with Crippen LogP contribution in [0.2, 0.25) is 0 Å².